The van der Waals surface area contributed by atoms with E-state index < -0.39 is 23.7 Å². The summed E-state index contributed by atoms with van der Waals surface area (Å²) in [5.74, 6) is -0.627. The van der Waals surface area contributed by atoms with E-state index in [1.54, 1.807) is 24.0 Å². The van der Waals surface area contributed by atoms with Crippen LogP contribution in [0.5, 0.6) is 0 Å². The molecule has 0 aliphatic carbocycles. The Morgan fingerprint density at radius 3 is 2.86 bits per heavy atom. The number of fused-ring (bicyclic) bond motifs is 2. The highest BCUT2D eigenvalue weighted by Crippen LogP contribution is 2.35. The molecule has 0 radical (unpaired) electrons. The first-order valence-corrected chi connectivity index (χ1v) is 10.5. The lowest BCUT2D eigenvalue weighted by atomic mass is 9.99. The van der Waals surface area contributed by atoms with Crippen LogP contribution in [0.3, 0.4) is 0 Å². The van der Waals surface area contributed by atoms with Crippen molar-refractivity contribution in [1.29, 1.82) is 0 Å². The Balaban J connectivity index is 1.39. The lowest BCUT2D eigenvalue weighted by Gasteiger charge is -2.32. The van der Waals surface area contributed by atoms with Gasteiger partial charge in [-0.05, 0) is 18.2 Å². The minimum atomic E-state index is -4.51. The van der Waals surface area contributed by atoms with Gasteiger partial charge < -0.3 is 14.3 Å². The lowest BCUT2D eigenvalue weighted by Crippen LogP contribution is -2.41. The van der Waals surface area contributed by atoms with Crippen LogP contribution in [0.4, 0.5) is 13.2 Å². The Hall–Kier alpha value is -4.49. The van der Waals surface area contributed by atoms with E-state index in [2.05, 4.69) is 30.4 Å². The molecule has 0 aromatic carbocycles. The molecule has 14 heteroatoms. The molecule has 6 rings (SSSR count). The fourth-order valence-corrected chi connectivity index (χ4v) is 4.18. The zero-order valence-electron chi connectivity index (χ0n) is 18.1. The molecule has 1 aliphatic rings. The van der Waals surface area contributed by atoms with Crippen LogP contribution < -0.4 is 0 Å². The van der Waals surface area contributed by atoms with Gasteiger partial charge in [-0.25, -0.2) is 9.50 Å². The summed E-state index contributed by atoms with van der Waals surface area (Å²) in [5.41, 5.74) is 1.90. The fourth-order valence-electron chi connectivity index (χ4n) is 4.18. The fraction of sp³-hybridized carbons (Fsp3) is 0.238. The molecule has 1 aliphatic heterocycles. The molecule has 0 saturated carbocycles. The molecule has 6 heterocycles. The molecular weight excluding hydrogens is 467 g/mol. The topological polar surface area (TPSA) is 123 Å². The summed E-state index contributed by atoms with van der Waals surface area (Å²) in [4.78, 5) is 22.4. The van der Waals surface area contributed by atoms with E-state index >= 15 is 0 Å². The molecule has 5 aromatic rings. The van der Waals surface area contributed by atoms with Crippen molar-refractivity contribution in [2.45, 2.75) is 18.6 Å². The Kier molecular flexibility index (Phi) is 4.52. The zero-order valence-corrected chi connectivity index (χ0v) is 18.1. The van der Waals surface area contributed by atoms with Crippen molar-refractivity contribution in [3.05, 3.63) is 71.7 Å². The third-order valence-corrected chi connectivity index (χ3v) is 5.83. The van der Waals surface area contributed by atoms with Crippen LogP contribution in [0.1, 0.15) is 39.4 Å². The van der Waals surface area contributed by atoms with E-state index in [1.807, 2.05) is 0 Å². The van der Waals surface area contributed by atoms with Gasteiger partial charge in [-0.1, -0.05) is 0 Å². The summed E-state index contributed by atoms with van der Waals surface area (Å²) in [6, 6.07) is 3.19. The second-order valence-corrected chi connectivity index (χ2v) is 8.09. The van der Waals surface area contributed by atoms with Gasteiger partial charge in [0.1, 0.15) is 6.04 Å². The number of amides is 1. The number of carbonyl (C=O) groups is 1. The Labute approximate surface area is 194 Å². The number of rotatable bonds is 3. The predicted molar refractivity (Wildman–Crippen MR) is 112 cm³/mol. The van der Waals surface area contributed by atoms with E-state index in [0.29, 0.717) is 28.9 Å². The van der Waals surface area contributed by atoms with Gasteiger partial charge in [-0.2, -0.15) is 23.4 Å². The molecule has 1 N–H and O–H groups in total. The molecule has 178 valence electrons. The number of pyridine rings is 1. The van der Waals surface area contributed by atoms with Crippen LogP contribution in [0.2, 0.25) is 0 Å². The first-order chi connectivity index (χ1) is 16.8. The second-order valence-electron chi connectivity index (χ2n) is 8.09. The van der Waals surface area contributed by atoms with E-state index in [0.717, 1.165) is 22.5 Å². The van der Waals surface area contributed by atoms with Gasteiger partial charge in [-0.15, -0.1) is 10.2 Å². The molecule has 35 heavy (non-hydrogen) atoms. The summed E-state index contributed by atoms with van der Waals surface area (Å²) in [5, 5.41) is 16.3. The number of carbonyl (C=O) groups excluding carboxylic acids is 1. The molecule has 5 aromatic heterocycles. The number of hydrogen-bond acceptors (Lipinski definition) is 7. The average Bonchev–Trinajstić information content (AvgIpc) is 3.62. The van der Waals surface area contributed by atoms with Crippen molar-refractivity contribution in [3.63, 3.8) is 0 Å². The first-order valence-electron chi connectivity index (χ1n) is 10.5. The van der Waals surface area contributed by atoms with Crippen molar-refractivity contribution in [2.24, 2.45) is 7.05 Å². The standard InChI is InChI=1S/C21H16F3N9O2/c1-31-8-11(7-27-31)18-28-29-19(35-18)20(34)32-5-4-14-16(26-10-25-14)17(32)15-6-13-3-2-12(21(22,23)24)9-33(13)30-15/h2-3,6-10,17H,4-5H2,1H3,(H,25,26). The number of aryl methyl sites for hydroxylation is 1. The van der Waals surface area contributed by atoms with Crippen LogP contribution in [-0.2, 0) is 19.6 Å². The number of imidazole rings is 1. The first kappa shape index (κ1) is 21.1. The molecule has 1 atom stereocenters. The van der Waals surface area contributed by atoms with Crippen LogP contribution in [0.15, 0.2) is 47.5 Å². The minimum absolute atomic E-state index is 0.142. The number of aromatic amines is 1. The maximum absolute atomic E-state index is 13.5. The minimum Gasteiger partial charge on any atom is -0.412 e. The molecule has 0 spiro atoms. The zero-order chi connectivity index (χ0) is 24.3. The van der Waals surface area contributed by atoms with Gasteiger partial charge in [0.25, 0.3) is 5.89 Å². The predicted octanol–water partition coefficient (Wildman–Crippen LogP) is 2.65. The van der Waals surface area contributed by atoms with Crippen LogP contribution in [0, 0.1) is 0 Å². The number of halogens is 3. The van der Waals surface area contributed by atoms with E-state index in [4.69, 9.17) is 4.42 Å². The lowest BCUT2D eigenvalue weighted by molar-refractivity contribution is -0.137. The van der Waals surface area contributed by atoms with Crippen molar-refractivity contribution in [2.75, 3.05) is 6.54 Å². The smallest absolute Gasteiger partial charge is 0.412 e. The van der Waals surface area contributed by atoms with E-state index in [9.17, 15) is 18.0 Å². The number of hydrogen-bond donors (Lipinski definition) is 1. The van der Waals surface area contributed by atoms with Gasteiger partial charge >= 0.3 is 18.0 Å². The third kappa shape index (κ3) is 3.53. The van der Waals surface area contributed by atoms with Crippen LogP contribution >= 0.6 is 0 Å². The largest absolute Gasteiger partial charge is 0.417 e. The molecule has 11 nitrogen and oxygen atoms in total. The molecule has 0 fully saturated rings. The average molecular weight is 483 g/mol. The van der Waals surface area contributed by atoms with Crippen molar-refractivity contribution in [3.8, 4) is 11.5 Å². The quantitative estimate of drug-likeness (QED) is 0.419. The number of alkyl halides is 3. The van der Waals surface area contributed by atoms with Gasteiger partial charge in [-0.3, -0.25) is 9.48 Å². The summed E-state index contributed by atoms with van der Waals surface area (Å²) >= 11 is 0. The number of H-pyrrole nitrogens is 1. The summed E-state index contributed by atoms with van der Waals surface area (Å²) in [6.45, 7) is 0.283. The molecule has 1 unspecified atom stereocenters. The highest BCUT2D eigenvalue weighted by atomic mass is 19.4. The molecule has 0 saturated heterocycles. The van der Waals surface area contributed by atoms with Crippen molar-refractivity contribution >= 4 is 11.4 Å². The van der Waals surface area contributed by atoms with E-state index in [-0.39, 0.29) is 18.3 Å². The van der Waals surface area contributed by atoms with Crippen LogP contribution in [0.25, 0.3) is 17.0 Å². The monoisotopic (exact) mass is 483 g/mol. The third-order valence-electron chi connectivity index (χ3n) is 5.83. The Bertz CT molecular complexity index is 1560. The van der Waals surface area contributed by atoms with Gasteiger partial charge in [0.15, 0.2) is 0 Å². The number of aromatic nitrogens is 8. The number of nitrogens with zero attached hydrogens (tertiary/aromatic N) is 8. The van der Waals surface area contributed by atoms with Gasteiger partial charge in [0.05, 0.1) is 40.6 Å². The molecular formula is C21H16F3N9O2. The molecule has 0 bridgehead atoms. The second kappa shape index (κ2) is 7.51. The molecule has 1 amide bonds. The maximum Gasteiger partial charge on any atom is 0.417 e. The summed E-state index contributed by atoms with van der Waals surface area (Å²) < 4.78 is 47.9. The Morgan fingerprint density at radius 1 is 1.23 bits per heavy atom. The summed E-state index contributed by atoms with van der Waals surface area (Å²) in [7, 11) is 1.73. The highest BCUT2D eigenvalue weighted by molar-refractivity contribution is 5.90. The van der Waals surface area contributed by atoms with Gasteiger partial charge in [0, 0.05) is 38.1 Å². The maximum atomic E-state index is 13.5. The Morgan fingerprint density at radius 2 is 2.09 bits per heavy atom. The van der Waals surface area contributed by atoms with Crippen molar-refractivity contribution in [1.82, 2.24) is 44.5 Å². The SMILES string of the molecule is Cn1cc(-c2nnc(C(=O)N3CCc4[nH]cnc4C3c3cc4ccc(C(F)(F)F)cn4n3)o2)cn1. The normalized spacial score (nSPS) is 16.1. The van der Waals surface area contributed by atoms with E-state index in [1.165, 1.54) is 23.5 Å². The number of nitrogens with one attached hydrogen (secondary N) is 1. The van der Waals surface area contributed by atoms with Crippen LogP contribution in [-0.4, -0.2) is 56.9 Å². The highest BCUT2D eigenvalue weighted by Gasteiger charge is 2.38. The van der Waals surface area contributed by atoms with Gasteiger partial charge in [0.2, 0.25) is 0 Å². The van der Waals surface area contributed by atoms with Crippen molar-refractivity contribution < 1.29 is 22.4 Å². The summed E-state index contributed by atoms with van der Waals surface area (Å²) in [6.07, 6.45) is 1.62.